The van der Waals surface area contributed by atoms with E-state index >= 15 is 0 Å². The van der Waals surface area contributed by atoms with Gasteiger partial charge in [-0.1, -0.05) is 13.8 Å². The molecular weight excluding hydrogens is 393 g/mol. The molecule has 0 aliphatic carbocycles. The average molecular weight is 432 g/mol. The Bertz CT molecular complexity index is 746. The second-order valence-electron chi connectivity index (χ2n) is 9.17. The number of hydrogen-bond donors (Lipinski definition) is 0. The molecule has 2 amide bonds. The van der Waals surface area contributed by atoms with Gasteiger partial charge in [0.1, 0.15) is 5.82 Å². The zero-order chi connectivity index (χ0) is 22.5. The van der Waals surface area contributed by atoms with Crippen molar-refractivity contribution in [3.8, 4) is 0 Å². The van der Waals surface area contributed by atoms with Crippen molar-refractivity contribution in [2.24, 2.45) is 0 Å². The smallest absolute Gasteiger partial charge is 0.224 e. The first kappa shape index (κ1) is 23.7. The molecule has 2 heterocycles. The third-order valence-electron chi connectivity index (χ3n) is 7.22. The Kier molecular flexibility index (Phi) is 8.09. The van der Waals surface area contributed by atoms with Crippen LogP contribution in [0.15, 0.2) is 24.3 Å². The maximum absolute atomic E-state index is 13.3. The van der Waals surface area contributed by atoms with Gasteiger partial charge in [0, 0.05) is 56.3 Å². The highest BCUT2D eigenvalue weighted by atomic mass is 19.1. The number of hydrogen-bond acceptors (Lipinski definition) is 3. The Morgan fingerprint density at radius 1 is 1.10 bits per heavy atom. The molecule has 2 aliphatic heterocycles. The lowest BCUT2D eigenvalue weighted by Crippen LogP contribution is -2.51. The van der Waals surface area contributed by atoms with Crippen LogP contribution in [0.1, 0.15) is 72.6 Å². The molecule has 172 valence electrons. The molecule has 1 aromatic carbocycles. The Hall–Kier alpha value is -1.95. The number of halogens is 1. The summed E-state index contributed by atoms with van der Waals surface area (Å²) in [7, 11) is 0. The number of likely N-dealkylation sites (tertiary alicyclic amines) is 2. The second-order valence-corrected chi connectivity index (χ2v) is 9.17. The Balaban J connectivity index is 1.62. The molecule has 0 spiro atoms. The van der Waals surface area contributed by atoms with Crippen molar-refractivity contribution in [2.45, 2.75) is 96.8 Å². The number of carbonyl (C=O) groups excluding carboxylic acids is 2. The fourth-order valence-electron chi connectivity index (χ4n) is 5.58. The zero-order valence-electron chi connectivity index (χ0n) is 19.5. The van der Waals surface area contributed by atoms with E-state index in [4.69, 9.17) is 0 Å². The van der Waals surface area contributed by atoms with E-state index in [0.717, 1.165) is 57.3 Å². The van der Waals surface area contributed by atoms with Crippen LogP contribution in [0, 0.1) is 5.82 Å². The molecule has 0 aromatic heterocycles. The van der Waals surface area contributed by atoms with Crippen LogP contribution in [0.25, 0.3) is 0 Å². The fourth-order valence-corrected chi connectivity index (χ4v) is 5.58. The molecular formula is C25H38FN3O2. The van der Waals surface area contributed by atoms with Crippen molar-refractivity contribution in [3.63, 3.8) is 0 Å². The average Bonchev–Trinajstić information content (AvgIpc) is 3.13. The number of amides is 2. The lowest BCUT2D eigenvalue weighted by atomic mass is 9.96. The van der Waals surface area contributed by atoms with Crippen molar-refractivity contribution in [1.29, 1.82) is 0 Å². The van der Waals surface area contributed by atoms with Crippen molar-refractivity contribution in [2.75, 3.05) is 18.0 Å². The monoisotopic (exact) mass is 431 g/mol. The van der Waals surface area contributed by atoms with Crippen molar-refractivity contribution in [3.05, 3.63) is 30.1 Å². The van der Waals surface area contributed by atoms with Gasteiger partial charge in [-0.2, -0.15) is 0 Å². The topological polar surface area (TPSA) is 43.9 Å². The Morgan fingerprint density at radius 2 is 1.74 bits per heavy atom. The summed E-state index contributed by atoms with van der Waals surface area (Å²) in [5.41, 5.74) is 0.771. The lowest BCUT2D eigenvalue weighted by molar-refractivity contribution is -0.133. The predicted octanol–water partition coefficient (Wildman–Crippen LogP) is 4.60. The van der Waals surface area contributed by atoms with Gasteiger partial charge in [-0.25, -0.2) is 4.39 Å². The summed E-state index contributed by atoms with van der Waals surface area (Å²) in [5.74, 6) is -0.00425. The first-order chi connectivity index (χ1) is 14.8. The normalized spacial score (nSPS) is 23.7. The summed E-state index contributed by atoms with van der Waals surface area (Å²) in [6, 6.07) is 7.51. The maximum Gasteiger partial charge on any atom is 0.224 e. The van der Waals surface area contributed by atoms with Crippen molar-refractivity contribution in [1.82, 2.24) is 9.80 Å². The molecule has 3 unspecified atom stereocenters. The van der Waals surface area contributed by atoms with Gasteiger partial charge in [0.05, 0.1) is 0 Å². The van der Waals surface area contributed by atoms with Gasteiger partial charge in [0.15, 0.2) is 0 Å². The largest absolute Gasteiger partial charge is 0.337 e. The van der Waals surface area contributed by atoms with E-state index < -0.39 is 0 Å². The van der Waals surface area contributed by atoms with E-state index in [0.29, 0.717) is 24.5 Å². The number of benzene rings is 1. The van der Waals surface area contributed by atoms with Crippen LogP contribution in [0.3, 0.4) is 0 Å². The molecule has 2 aliphatic rings. The lowest BCUT2D eigenvalue weighted by Gasteiger charge is -2.42. The molecule has 31 heavy (non-hydrogen) atoms. The van der Waals surface area contributed by atoms with Gasteiger partial charge in [-0.3, -0.25) is 9.59 Å². The van der Waals surface area contributed by atoms with Crippen LogP contribution in [-0.4, -0.2) is 58.9 Å². The van der Waals surface area contributed by atoms with E-state index in [1.165, 1.54) is 12.1 Å². The van der Waals surface area contributed by atoms with E-state index in [1.54, 1.807) is 19.1 Å². The summed E-state index contributed by atoms with van der Waals surface area (Å²) in [4.78, 5) is 31.4. The Morgan fingerprint density at radius 3 is 2.29 bits per heavy atom. The highest BCUT2D eigenvalue weighted by Crippen LogP contribution is 2.31. The van der Waals surface area contributed by atoms with Crippen molar-refractivity contribution < 1.29 is 14.0 Å². The van der Waals surface area contributed by atoms with Crippen LogP contribution in [0.4, 0.5) is 10.1 Å². The molecule has 0 N–H and O–H groups in total. The third-order valence-corrected chi connectivity index (χ3v) is 7.22. The summed E-state index contributed by atoms with van der Waals surface area (Å²) in [6.45, 7) is 9.84. The predicted molar refractivity (Wildman–Crippen MR) is 122 cm³/mol. The first-order valence-electron chi connectivity index (χ1n) is 12.0. The summed E-state index contributed by atoms with van der Waals surface area (Å²) in [6.07, 6.45) is 6.69. The van der Waals surface area contributed by atoms with Crippen LogP contribution >= 0.6 is 0 Å². The quantitative estimate of drug-likeness (QED) is 0.634. The first-order valence-corrected chi connectivity index (χ1v) is 12.0. The van der Waals surface area contributed by atoms with E-state index in [1.807, 2.05) is 11.8 Å². The molecule has 0 radical (unpaired) electrons. The minimum atomic E-state index is -0.287. The molecule has 6 heteroatoms. The number of rotatable bonds is 7. The standard InChI is InChI=1S/C25H38FN3O2/c1-5-21(17-24-10-7-18(3)28(24)25(31)6-2)27-15-13-23(14-16-27)29(19(4)30)22-11-8-20(26)9-12-22/h8-9,11-12,18,21,23-24H,5-7,10,13-17H2,1-4H3. The molecule has 3 rings (SSSR count). The van der Waals surface area contributed by atoms with E-state index in [2.05, 4.69) is 23.6 Å². The van der Waals surface area contributed by atoms with Gasteiger partial charge < -0.3 is 14.7 Å². The molecule has 5 nitrogen and oxygen atoms in total. The van der Waals surface area contributed by atoms with Gasteiger partial charge in [0.25, 0.3) is 0 Å². The van der Waals surface area contributed by atoms with Crippen LogP contribution in [0.5, 0.6) is 0 Å². The summed E-state index contributed by atoms with van der Waals surface area (Å²) >= 11 is 0. The van der Waals surface area contributed by atoms with Gasteiger partial charge in [0.2, 0.25) is 11.8 Å². The van der Waals surface area contributed by atoms with E-state index in [9.17, 15) is 14.0 Å². The van der Waals surface area contributed by atoms with Crippen LogP contribution in [-0.2, 0) is 9.59 Å². The minimum Gasteiger partial charge on any atom is -0.337 e. The maximum atomic E-state index is 13.3. The summed E-state index contributed by atoms with van der Waals surface area (Å²) in [5, 5.41) is 0. The third kappa shape index (κ3) is 5.46. The Labute approximate surface area is 186 Å². The molecule has 2 fully saturated rings. The SMILES string of the molecule is CCC(=O)N1C(C)CCC1CC(CC)N1CCC(N(C(C)=O)c2ccc(F)cc2)CC1. The second kappa shape index (κ2) is 10.6. The van der Waals surface area contributed by atoms with Crippen LogP contribution in [0.2, 0.25) is 0 Å². The molecule has 3 atom stereocenters. The number of piperidine rings is 1. The van der Waals surface area contributed by atoms with Gasteiger partial charge >= 0.3 is 0 Å². The van der Waals surface area contributed by atoms with Crippen LogP contribution < -0.4 is 4.90 Å². The number of carbonyl (C=O) groups is 2. The van der Waals surface area contributed by atoms with Crippen molar-refractivity contribution >= 4 is 17.5 Å². The van der Waals surface area contributed by atoms with Gasteiger partial charge in [-0.05, 0) is 69.7 Å². The molecule has 1 aromatic rings. The highest BCUT2D eigenvalue weighted by Gasteiger charge is 2.37. The summed E-state index contributed by atoms with van der Waals surface area (Å²) < 4.78 is 13.3. The highest BCUT2D eigenvalue weighted by molar-refractivity contribution is 5.92. The number of anilines is 1. The van der Waals surface area contributed by atoms with Gasteiger partial charge in [-0.15, -0.1) is 0 Å². The molecule has 0 bridgehead atoms. The minimum absolute atomic E-state index is 0.00534. The molecule has 2 saturated heterocycles. The zero-order valence-corrected chi connectivity index (χ0v) is 19.5. The van der Waals surface area contributed by atoms with E-state index in [-0.39, 0.29) is 23.7 Å². The number of nitrogens with zero attached hydrogens (tertiary/aromatic N) is 3. The molecule has 0 saturated carbocycles. The fraction of sp³-hybridized carbons (Fsp3) is 0.680.